The van der Waals surface area contributed by atoms with Gasteiger partial charge in [0.05, 0.1) is 31.0 Å². The Bertz CT molecular complexity index is 493. The van der Waals surface area contributed by atoms with Crippen LogP contribution in [0.4, 0.5) is 14.5 Å². The Morgan fingerprint density at radius 2 is 2.11 bits per heavy atom. The zero-order chi connectivity index (χ0) is 14.0. The zero-order valence-corrected chi connectivity index (χ0v) is 10.4. The summed E-state index contributed by atoms with van der Waals surface area (Å²) in [5.41, 5.74) is -0.230. The van der Waals surface area contributed by atoms with Crippen LogP contribution in [0.5, 0.6) is 0 Å². The van der Waals surface area contributed by atoms with Gasteiger partial charge in [-0.1, -0.05) is 0 Å². The lowest BCUT2D eigenvalue weighted by atomic mass is 10.1. The minimum absolute atomic E-state index is 0.0571. The number of anilines is 1. The summed E-state index contributed by atoms with van der Waals surface area (Å²) in [6.07, 6.45) is -0.467. The molecule has 0 radical (unpaired) electrons. The van der Waals surface area contributed by atoms with E-state index in [1.807, 2.05) is 0 Å². The number of ether oxygens (including phenoxy) is 1. The fraction of sp³-hybridized carbons (Fsp3) is 0.462. The second-order valence-corrected chi connectivity index (χ2v) is 4.54. The maximum absolute atomic E-state index is 14.0. The third-order valence-electron chi connectivity index (χ3n) is 3.14. The van der Waals surface area contributed by atoms with E-state index in [0.717, 1.165) is 12.1 Å². The highest BCUT2D eigenvalue weighted by molar-refractivity contribution is 5.53. The SMILES string of the molecule is CC1COC(CO)CN1c1c(F)cc(C#N)cc1F. The molecule has 1 N–H and O–H groups in total. The van der Waals surface area contributed by atoms with Crippen LogP contribution in [0.3, 0.4) is 0 Å². The Kier molecular flexibility index (Phi) is 3.98. The second-order valence-electron chi connectivity index (χ2n) is 4.54. The first-order valence-electron chi connectivity index (χ1n) is 5.95. The molecule has 0 aliphatic carbocycles. The van der Waals surface area contributed by atoms with Crippen molar-refractivity contribution in [3.8, 4) is 6.07 Å². The van der Waals surface area contributed by atoms with Crippen LogP contribution in [-0.4, -0.2) is 37.0 Å². The first-order chi connectivity index (χ1) is 9.06. The van der Waals surface area contributed by atoms with Crippen molar-refractivity contribution in [3.63, 3.8) is 0 Å². The van der Waals surface area contributed by atoms with Crippen LogP contribution >= 0.6 is 0 Å². The maximum atomic E-state index is 14.0. The monoisotopic (exact) mass is 268 g/mol. The number of aliphatic hydroxyl groups excluding tert-OH is 1. The molecule has 0 bridgehead atoms. The van der Waals surface area contributed by atoms with Crippen LogP contribution < -0.4 is 4.90 Å². The number of morpholine rings is 1. The topological polar surface area (TPSA) is 56.5 Å². The molecule has 1 aromatic rings. The number of nitriles is 1. The molecule has 4 nitrogen and oxygen atoms in total. The van der Waals surface area contributed by atoms with Crippen molar-refractivity contribution in [2.24, 2.45) is 0 Å². The van der Waals surface area contributed by atoms with Crippen LogP contribution in [-0.2, 0) is 4.74 Å². The second kappa shape index (κ2) is 5.51. The Balaban J connectivity index is 2.37. The molecule has 1 aliphatic rings. The van der Waals surface area contributed by atoms with Gasteiger partial charge in [0.25, 0.3) is 0 Å². The molecular formula is C13H14F2N2O2. The van der Waals surface area contributed by atoms with Gasteiger partial charge in [-0.15, -0.1) is 0 Å². The van der Waals surface area contributed by atoms with Crippen molar-refractivity contribution >= 4 is 5.69 Å². The van der Waals surface area contributed by atoms with E-state index in [1.54, 1.807) is 13.0 Å². The van der Waals surface area contributed by atoms with E-state index in [4.69, 9.17) is 15.1 Å². The summed E-state index contributed by atoms with van der Waals surface area (Å²) in [7, 11) is 0. The molecule has 1 fully saturated rings. The minimum Gasteiger partial charge on any atom is -0.394 e. The lowest BCUT2D eigenvalue weighted by molar-refractivity contribution is -0.0107. The van der Waals surface area contributed by atoms with E-state index in [0.29, 0.717) is 0 Å². The summed E-state index contributed by atoms with van der Waals surface area (Å²) in [5.74, 6) is -1.55. The van der Waals surface area contributed by atoms with Crippen LogP contribution in [0.2, 0.25) is 0 Å². The number of benzene rings is 1. The molecule has 1 aromatic carbocycles. The smallest absolute Gasteiger partial charge is 0.150 e. The number of hydrogen-bond donors (Lipinski definition) is 1. The largest absolute Gasteiger partial charge is 0.394 e. The molecule has 6 heteroatoms. The molecule has 2 rings (SSSR count). The molecule has 0 aromatic heterocycles. The highest BCUT2D eigenvalue weighted by atomic mass is 19.1. The number of nitrogens with zero attached hydrogens (tertiary/aromatic N) is 2. The van der Waals surface area contributed by atoms with E-state index in [9.17, 15) is 8.78 Å². The molecule has 1 heterocycles. The molecule has 2 unspecified atom stereocenters. The van der Waals surface area contributed by atoms with Gasteiger partial charge in [-0.05, 0) is 19.1 Å². The van der Waals surface area contributed by atoms with Gasteiger partial charge in [-0.2, -0.15) is 5.26 Å². The van der Waals surface area contributed by atoms with Crippen molar-refractivity contribution in [1.82, 2.24) is 0 Å². The van der Waals surface area contributed by atoms with E-state index in [1.165, 1.54) is 4.90 Å². The molecule has 0 spiro atoms. The number of rotatable bonds is 2. The van der Waals surface area contributed by atoms with Crippen molar-refractivity contribution in [3.05, 3.63) is 29.3 Å². The average molecular weight is 268 g/mol. The molecule has 19 heavy (non-hydrogen) atoms. The van der Waals surface area contributed by atoms with Crippen molar-refractivity contribution < 1.29 is 18.6 Å². The first-order valence-corrected chi connectivity index (χ1v) is 5.95. The quantitative estimate of drug-likeness (QED) is 0.881. The first kappa shape index (κ1) is 13.7. The third-order valence-corrected chi connectivity index (χ3v) is 3.14. The highest BCUT2D eigenvalue weighted by Crippen LogP contribution is 2.28. The van der Waals surface area contributed by atoms with Gasteiger partial charge >= 0.3 is 0 Å². The van der Waals surface area contributed by atoms with Crippen LogP contribution in [0.25, 0.3) is 0 Å². The van der Waals surface area contributed by atoms with Crippen molar-refractivity contribution in [2.45, 2.75) is 19.1 Å². The number of aliphatic hydroxyl groups is 1. The maximum Gasteiger partial charge on any atom is 0.150 e. The van der Waals surface area contributed by atoms with Gasteiger partial charge in [-0.25, -0.2) is 8.78 Å². The summed E-state index contributed by atoms with van der Waals surface area (Å²) in [6.45, 7) is 2.06. The summed E-state index contributed by atoms with van der Waals surface area (Å²) in [4.78, 5) is 1.52. The van der Waals surface area contributed by atoms with Gasteiger partial charge in [0.1, 0.15) is 5.69 Å². The molecule has 0 amide bonds. The summed E-state index contributed by atoms with van der Waals surface area (Å²) < 4.78 is 33.2. The minimum atomic E-state index is -0.776. The van der Waals surface area contributed by atoms with E-state index < -0.39 is 17.7 Å². The highest BCUT2D eigenvalue weighted by Gasteiger charge is 2.29. The van der Waals surface area contributed by atoms with E-state index in [2.05, 4.69) is 0 Å². The molecule has 2 atom stereocenters. The Morgan fingerprint density at radius 1 is 1.47 bits per heavy atom. The molecule has 102 valence electrons. The van der Waals surface area contributed by atoms with Gasteiger partial charge in [-0.3, -0.25) is 0 Å². The molecule has 0 saturated carbocycles. The van der Waals surface area contributed by atoms with Crippen LogP contribution in [0, 0.1) is 23.0 Å². The van der Waals surface area contributed by atoms with Crippen LogP contribution in [0.1, 0.15) is 12.5 Å². The summed E-state index contributed by atoms with van der Waals surface area (Å²) in [6, 6.07) is 3.52. The standard InChI is InChI=1S/C13H14F2N2O2/c1-8-7-19-10(6-18)5-17(8)13-11(14)2-9(4-16)3-12(13)15/h2-3,8,10,18H,5-7H2,1H3. The zero-order valence-electron chi connectivity index (χ0n) is 10.4. The van der Waals surface area contributed by atoms with Crippen LogP contribution in [0.15, 0.2) is 12.1 Å². The van der Waals surface area contributed by atoms with Gasteiger partial charge in [0, 0.05) is 12.6 Å². The Labute approximate surface area is 109 Å². The molecule has 1 aliphatic heterocycles. The fourth-order valence-corrected chi connectivity index (χ4v) is 2.14. The van der Waals surface area contributed by atoms with Crippen molar-refractivity contribution in [2.75, 3.05) is 24.7 Å². The van der Waals surface area contributed by atoms with Crippen molar-refractivity contribution in [1.29, 1.82) is 5.26 Å². The molecular weight excluding hydrogens is 254 g/mol. The number of hydrogen-bond acceptors (Lipinski definition) is 4. The van der Waals surface area contributed by atoms with E-state index in [-0.39, 0.29) is 37.1 Å². The Hall–Kier alpha value is -1.71. The fourth-order valence-electron chi connectivity index (χ4n) is 2.14. The summed E-state index contributed by atoms with van der Waals surface area (Å²) >= 11 is 0. The molecule has 1 saturated heterocycles. The van der Waals surface area contributed by atoms with Gasteiger partial charge in [0.15, 0.2) is 11.6 Å². The predicted molar refractivity (Wildman–Crippen MR) is 64.7 cm³/mol. The lowest BCUT2D eigenvalue weighted by Crippen LogP contribution is -2.50. The normalized spacial score (nSPS) is 23.2. The Morgan fingerprint density at radius 3 is 2.63 bits per heavy atom. The predicted octanol–water partition coefficient (Wildman–Crippen LogP) is 1.42. The summed E-state index contributed by atoms with van der Waals surface area (Å²) in [5, 5.41) is 17.8. The third kappa shape index (κ3) is 2.67. The average Bonchev–Trinajstić information content (AvgIpc) is 2.39. The van der Waals surface area contributed by atoms with Gasteiger partial charge < -0.3 is 14.7 Å². The number of halogens is 2. The van der Waals surface area contributed by atoms with Gasteiger partial charge in [0.2, 0.25) is 0 Å². The van der Waals surface area contributed by atoms with E-state index >= 15 is 0 Å². The lowest BCUT2D eigenvalue weighted by Gasteiger charge is -2.39.